The van der Waals surface area contributed by atoms with E-state index in [1.165, 1.54) is 18.2 Å². The summed E-state index contributed by atoms with van der Waals surface area (Å²) >= 11 is 5.81. The monoisotopic (exact) mass is 328 g/mol. The zero-order valence-corrected chi connectivity index (χ0v) is 12.5. The molecule has 1 aliphatic carbocycles. The zero-order chi connectivity index (χ0) is 15.7. The van der Waals surface area contributed by atoms with E-state index in [1.807, 2.05) is 6.07 Å². The van der Waals surface area contributed by atoms with Crippen molar-refractivity contribution in [2.24, 2.45) is 5.41 Å². The summed E-state index contributed by atoms with van der Waals surface area (Å²) in [6.07, 6.45) is 1.69. The van der Waals surface area contributed by atoms with E-state index < -0.39 is 21.4 Å². The fourth-order valence-electron chi connectivity index (χ4n) is 2.14. The molecule has 21 heavy (non-hydrogen) atoms. The van der Waals surface area contributed by atoms with Crippen molar-refractivity contribution in [3.8, 4) is 6.07 Å². The highest BCUT2D eigenvalue weighted by molar-refractivity contribution is 7.89. The summed E-state index contributed by atoms with van der Waals surface area (Å²) in [5, 5.41) is 18.0. The Morgan fingerprint density at radius 3 is 2.57 bits per heavy atom. The molecule has 1 aromatic carbocycles. The largest absolute Gasteiger partial charge is 0.481 e. The zero-order valence-electron chi connectivity index (χ0n) is 11.0. The average molecular weight is 329 g/mol. The van der Waals surface area contributed by atoms with Crippen molar-refractivity contribution in [2.75, 3.05) is 6.54 Å². The predicted molar refractivity (Wildman–Crippen MR) is 75.3 cm³/mol. The average Bonchev–Trinajstić information content (AvgIpc) is 2.36. The van der Waals surface area contributed by atoms with Crippen LogP contribution in [-0.4, -0.2) is 26.0 Å². The van der Waals surface area contributed by atoms with Crippen LogP contribution in [0, 0.1) is 16.7 Å². The van der Waals surface area contributed by atoms with Gasteiger partial charge in [-0.1, -0.05) is 18.0 Å². The molecule has 0 unspecified atom stereocenters. The van der Waals surface area contributed by atoms with Crippen LogP contribution in [0.4, 0.5) is 0 Å². The maximum absolute atomic E-state index is 12.1. The van der Waals surface area contributed by atoms with Gasteiger partial charge in [-0.15, -0.1) is 0 Å². The number of sulfonamides is 1. The standard InChI is InChI=1S/C13H13ClN2O4S/c14-11-6-10(3-2-9(11)7-15)21(19,20)16-8-13(12(17)18)4-1-5-13/h2-3,6,16H,1,4-5,8H2,(H,17,18). The number of halogens is 1. The van der Waals surface area contributed by atoms with Gasteiger partial charge in [0, 0.05) is 6.54 Å². The van der Waals surface area contributed by atoms with Crippen LogP contribution in [0.5, 0.6) is 0 Å². The first kappa shape index (κ1) is 15.8. The van der Waals surface area contributed by atoms with E-state index in [0.717, 1.165) is 6.42 Å². The van der Waals surface area contributed by atoms with Crippen LogP contribution in [0.15, 0.2) is 23.1 Å². The summed E-state index contributed by atoms with van der Waals surface area (Å²) in [5.74, 6) is -0.991. The van der Waals surface area contributed by atoms with Crippen LogP contribution >= 0.6 is 11.6 Å². The van der Waals surface area contributed by atoms with Gasteiger partial charge >= 0.3 is 5.97 Å². The molecule has 0 aliphatic heterocycles. The van der Waals surface area contributed by atoms with Gasteiger partial charge in [-0.25, -0.2) is 13.1 Å². The lowest BCUT2D eigenvalue weighted by molar-refractivity contribution is -0.153. The van der Waals surface area contributed by atoms with E-state index in [9.17, 15) is 18.3 Å². The molecular weight excluding hydrogens is 316 g/mol. The van der Waals surface area contributed by atoms with Gasteiger partial charge in [0.1, 0.15) is 6.07 Å². The number of benzene rings is 1. The first-order valence-corrected chi connectivity index (χ1v) is 8.10. The summed E-state index contributed by atoms with van der Waals surface area (Å²) in [7, 11) is -3.86. The van der Waals surface area contributed by atoms with Crippen molar-refractivity contribution in [1.82, 2.24) is 4.72 Å². The molecule has 0 aromatic heterocycles. The number of carbonyl (C=O) groups is 1. The van der Waals surface area contributed by atoms with Crippen molar-refractivity contribution in [3.63, 3.8) is 0 Å². The number of nitriles is 1. The molecule has 112 valence electrons. The third-order valence-corrected chi connectivity index (χ3v) is 5.45. The van der Waals surface area contributed by atoms with E-state index in [2.05, 4.69) is 4.72 Å². The van der Waals surface area contributed by atoms with Gasteiger partial charge in [-0.05, 0) is 31.0 Å². The number of nitrogens with one attached hydrogen (secondary N) is 1. The molecule has 8 heteroatoms. The Bertz CT molecular complexity index is 720. The van der Waals surface area contributed by atoms with Crippen LogP contribution in [0.25, 0.3) is 0 Å². The Morgan fingerprint density at radius 2 is 2.14 bits per heavy atom. The number of nitrogens with zero attached hydrogens (tertiary/aromatic N) is 1. The van der Waals surface area contributed by atoms with E-state index in [1.54, 1.807) is 0 Å². The summed E-state index contributed by atoms with van der Waals surface area (Å²) in [6, 6.07) is 5.59. The summed E-state index contributed by atoms with van der Waals surface area (Å²) < 4.78 is 26.6. The lowest BCUT2D eigenvalue weighted by atomic mass is 9.69. The first-order valence-electron chi connectivity index (χ1n) is 6.23. The van der Waals surface area contributed by atoms with E-state index in [-0.39, 0.29) is 22.0 Å². The maximum Gasteiger partial charge on any atom is 0.310 e. The normalized spacial score (nSPS) is 16.8. The maximum atomic E-state index is 12.1. The smallest absolute Gasteiger partial charge is 0.310 e. The van der Waals surface area contributed by atoms with Crippen LogP contribution in [-0.2, 0) is 14.8 Å². The second kappa shape index (κ2) is 5.64. The highest BCUT2D eigenvalue weighted by Gasteiger charge is 2.45. The third kappa shape index (κ3) is 3.02. The van der Waals surface area contributed by atoms with Gasteiger partial charge in [-0.3, -0.25) is 4.79 Å². The Morgan fingerprint density at radius 1 is 1.48 bits per heavy atom. The Kier molecular flexibility index (Phi) is 4.23. The number of aliphatic carboxylic acids is 1. The Labute approximate surface area is 127 Å². The van der Waals surface area contributed by atoms with Crippen molar-refractivity contribution in [1.29, 1.82) is 5.26 Å². The molecule has 0 saturated heterocycles. The van der Waals surface area contributed by atoms with E-state index in [0.29, 0.717) is 12.8 Å². The molecule has 0 atom stereocenters. The van der Waals surface area contributed by atoms with Gasteiger partial charge in [-0.2, -0.15) is 5.26 Å². The quantitative estimate of drug-likeness (QED) is 0.856. The Balaban J connectivity index is 2.18. The highest BCUT2D eigenvalue weighted by atomic mass is 35.5. The molecular formula is C13H13ClN2O4S. The molecule has 2 rings (SSSR count). The third-order valence-electron chi connectivity index (χ3n) is 3.74. The van der Waals surface area contributed by atoms with E-state index >= 15 is 0 Å². The minimum absolute atomic E-state index is 0.0389. The van der Waals surface area contributed by atoms with Crippen molar-refractivity contribution < 1.29 is 18.3 Å². The first-order chi connectivity index (χ1) is 9.81. The van der Waals surface area contributed by atoms with E-state index in [4.69, 9.17) is 16.9 Å². The van der Waals surface area contributed by atoms with Crippen LogP contribution in [0.1, 0.15) is 24.8 Å². The summed E-state index contributed by atoms with van der Waals surface area (Å²) in [4.78, 5) is 11.1. The second-order valence-corrected chi connectivity index (χ2v) is 7.19. The molecule has 0 radical (unpaired) electrons. The number of hydrogen-bond acceptors (Lipinski definition) is 4. The minimum atomic E-state index is -3.86. The molecule has 0 bridgehead atoms. The molecule has 0 spiro atoms. The number of carboxylic acids is 1. The van der Waals surface area contributed by atoms with Crippen molar-refractivity contribution >= 4 is 27.6 Å². The molecule has 1 aromatic rings. The topological polar surface area (TPSA) is 107 Å². The molecule has 1 aliphatic rings. The second-order valence-electron chi connectivity index (χ2n) is 5.02. The predicted octanol–water partition coefficient (Wildman–Crippen LogP) is 1.74. The van der Waals surface area contributed by atoms with Gasteiger partial charge in [0.05, 0.1) is 20.9 Å². The molecule has 6 nitrogen and oxygen atoms in total. The fraction of sp³-hybridized carbons (Fsp3) is 0.385. The number of carboxylic acid groups (broad SMARTS) is 1. The van der Waals surface area contributed by atoms with Crippen LogP contribution in [0.2, 0.25) is 5.02 Å². The lowest BCUT2D eigenvalue weighted by Gasteiger charge is -2.37. The number of hydrogen-bond donors (Lipinski definition) is 2. The van der Waals surface area contributed by atoms with Crippen LogP contribution < -0.4 is 4.72 Å². The molecule has 2 N–H and O–H groups in total. The van der Waals surface area contributed by atoms with Crippen LogP contribution in [0.3, 0.4) is 0 Å². The molecule has 1 saturated carbocycles. The lowest BCUT2D eigenvalue weighted by Crippen LogP contribution is -2.47. The minimum Gasteiger partial charge on any atom is -0.481 e. The Hall–Kier alpha value is -1.62. The van der Waals surface area contributed by atoms with Crippen molar-refractivity contribution in [2.45, 2.75) is 24.2 Å². The summed E-state index contributed by atoms with van der Waals surface area (Å²) in [5.41, 5.74) is -0.833. The van der Waals surface area contributed by atoms with Gasteiger partial charge in [0.2, 0.25) is 10.0 Å². The van der Waals surface area contributed by atoms with Gasteiger partial charge in [0.25, 0.3) is 0 Å². The SMILES string of the molecule is N#Cc1ccc(S(=O)(=O)NCC2(C(=O)O)CCC2)cc1Cl. The molecule has 0 amide bonds. The van der Waals surface area contributed by atoms with Gasteiger partial charge < -0.3 is 5.11 Å². The van der Waals surface area contributed by atoms with Gasteiger partial charge in [0.15, 0.2) is 0 Å². The molecule has 1 fully saturated rings. The highest BCUT2D eigenvalue weighted by Crippen LogP contribution is 2.40. The summed E-state index contributed by atoms with van der Waals surface area (Å²) in [6.45, 7) is -0.151. The molecule has 0 heterocycles. The fourth-order valence-corrected chi connectivity index (χ4v) is 3.58. The van der Waals surface area contributed by atoms with Crippen molar-refractivity contribution in [3.05, 3.63) is 28.8 Å². The number of rotatable bonds is 5.